The Morgan fingerprint density at radius 1 is 1.10 bits per heavy atom. The van der Waals surface area contributed by atoms with Crippen LogP contribution >= 0.6 is 23.4 Å². The summed E-state index contributed by atoms with van der Waals surface area (Å²) in [7, 11) is 0. The molecule has 0 radical (unpaired) electrons. The van der Waals surface area contributed by atoms with Crippen LogP contribution in [-0.2, 0) is 11.2 Å². The van der Waals surface area contributed by atoms with E-state index in [9.17, 15) is 4.79 Å². The van der Waals surface area contributed by atoms with Crippen molar-refractivity contribution in [3.05, 3.63) is 70.3 Å². The van der Waals surface area contributed by atoms with E-state index in [4.69, 9.17) is 17.0 Å². The maximum atomic E-state index is 12.6. The summed E-state index contributed by atoms with van der Waals surface area (Å²) in [6.07, 6.45) is 2.29. The summed E-state index contributed by atoms with van der Waals surface area (Å²) in [5.74, 6) is -0.374. The van der Waals surface area contributed by atoms with Gasteiger partial charge in [0, 0.05) is 30.2 Å². The standard InChI is InChI=1S/C23H22ClN5OS/c1-3-28(4-2)18-11-7-15(8-12-18)13-19-21(25)29-23(26-22(19)30)31-20(27-29)14-16-5-9-17(24)10-6-16/h5-13,25H,3-4,14H2,1-2H3. The fourth-order valence-corrected chi connectivity index (χ4v) is 4.46. The van der Waals surface area contributed by atoms with Crippen LogP contribution in [0.1, 0.15) is 25.0 Å². The van der Waals surface area contributed by atoms with E-state index in [1.165, 1.54) is 16.8 Å². The number of anilines is 1. The Kier molecular flexibility index (Phi) is 6.25. The van der Waals surface area contributed by atoms with Crippen LogP contribution in [0.2, 0.25) is 5.02 Å². The molecule has 0 saturated heterocycles. The Hall–Kier alpha value is -2.90. The van der Waals surface area contributed by atoms with Crippen molar-refractivity contribution in [2.75, 3.05) is 18.0 Å². The van der Waals surface area contributed by atoms with Crippen LogP contribution in [0.3, 0.4) is 0 Å². The molecule has 0 saturated carbocycles. The van der Waals surface area contributed by atoms with Gasteiger partial charge < -0.3 is 4.90 Å². The monoisotopic (exact) mass is 451 g/mol. The molecule has 2 aliphatic heterocycles. The number of nitrogens with zero attached hydrogens (tertiary/aromatic N) is 4. The number of hydrazone groups is 1. The molecule has 1 amide bonds. The molecule has 31 heavy (non-hydrogen) atoms. The number of amides is 1. The third-order valence-corrected chi connectivity index (χ3v) is 6.26. The normalized spacial score (nSPS) is 17.0. The molecule has 0 atom stereocenters. The minimum Gasteiger partial charge on any atom is -0.372 e. The predicted octanol–water partition coefficient (Wildman–Crippen LogP) is 5.05. The second-order valence-electron chi connectivity index (χ2n) is 7.08. The average molecular weight is 452 g/mol. The molecule has 0 aliphatic carbocycles. The summed E-state index contributed by atoms with van der Waals surface area (Å²) in [6.45, 7) is 6.10. The van der Waals surface area contributed by atoms with Gasteiger partial charge in [0.15, 0.2) is 5.84 Å². The Balaban J connectivity index is 1.54. The number of carbonyl (C=O) groups is 1. The van der Waals surface area contributed by atoms with Crippen molar-refractivity contribution < 1.29 is 4.79 Å². The number of amidine groups is 2. The van der Waals surface area contributed by atoms with Gasteiger partial charge in [-0.1, -0.05) is 35.9 Å². The Morgan fingerprint density at radius 2 is 1.77 bits per heavy atom. The van der Waals surface area contributed by atoms with Gasteiger partial charge in [-0.15, -0.1) is 0 Å². The molecular weight excluding hydrogens is 430 g/mol. The summed E-state index contributed by atoms with van der Waals surface area (Å²) in [5.41, 5.74) is 3.26. The van der Waals surface area contributed by atoms with Gasteiger partial charge in [0.1, 0.15) is 5.04 Å². The summed E-state index contributed by atoms with van der Waals surface area (Å²) >= 11 is 7.27. The molecule has 0 bridgehead atoms. The molecular formula is C23H22ClN5OS. The largest absolute Gasteiger partial charge is 0.372 e. The van der Waals surface area contributed by atoms with Gasteiger partial charge in [-0.05, 0) is 67.1 Å². The van der Waals surface area contributed by atoms with E-state index >= 15 is 0 Å². The quantitative estimate of drug-likeness (QED) is 0.624. The zero-order chi connectivity index (χ0) is 22.0. The van der Waals surface area contributed by atoms with Gasteiger partial charge >= 0.3 is 0 Å². The number of rotatable bonds is 6. The first-order valence-corrected chi connectivity index (χ1v) is 11.3. The zero-order valence-corrected chi connectivity index (χ0v) is 18.9. The zero-order valence-electron chi connectivity index (χ0n) is 17.3. The van der Waals surface area contributed by atoms with Gasteiger partial charge in [0.2, 0.25) is 5.17 Å². The first kappa shape index (κ1) is 21.3. The van der Waals surface area contributed by atoms with Gasteiger partial charge in [-0.3, -0.25) is 10.2 Å². The highest BCUT2D eigenvalue weighted by molar-refractivity contribution is 8.26. The molecule has 2 aromatic carbocycles. The van der Waals surface area contributed by atoms with Crippen molar-refractivity contribution in [3.8, 4) is 0 Å². The molecule has 2 heterocycles. The summed E-state index contributed by atoms with van der Waals surface area (Å²) in [6, 6.07) is 15.5. The molecule has 0 spiro atoms. The lowest BCUT2D eigenvalue weighted by atomic mass is 10.1. The highest BCUT2D eigenvalue weighted by Crippen LogP contribution is 2.30. The van der Waals surface area contributed by atoms with Crippen LogP contribution in [-0.4, -0.2) is 40.1 Å². The number of hydrogen-bond acceptors (Lipinski definition) is 5. The first-order chi connectivity index (χ1) is 15.0. The molecule has 6 nitrogen and oxygen atoms in total. The predicted molar refractivity (Wildman–Crippen MR) is 130 cm³/mol. The van der Waals surface area contributed by atoms with Gasteiger partial charge in [-0.25, -0.2) is 0 Å². The lowest BCUT2D eigenvalue weighted by Gasteiger charge is -2.21. The van der Waals surface area contributed by atoms with Crippen molar-refractivity contribution >= 4 is 57.1 Å². The number of halogens is 1. The van der Waals surface area contributed by atoms with Crippen molar-refractivity contribution in [3.63, 3.8) is 0 Å². The molecule has 0 aromatic heterocycles. The van der Waals surface area contributed by atoms with Crippen LogP contribution in [0.15, 0.2) is 64.2 Å². The smallest absolute Gasteiger partial charge is 0.283 e. The fraction of sp³-hybridized carbons (Fsp3) is 0.217. The lowest BCUT2D eigenvalue weighted by molar-refractivity contribution is -0.114. The second-order valence-corrected chi connectivity index (χ2v) is 8.56. The fourth-order valence-electron chi connectivity index (χ4n) is 3.42. The van der Waals surface area contributed by atoms with E-state index < -0.39 is 5.91 Å². The number of nitrogens with one attached hydrogen (secondary N) is 1. The van der Waals surface area contributed by atoms with Gasteiger partial charge in [0.05, 0.1) is 5.57 Å². The number of carbonyl (C=O) groups excluding carboxylic acids is 1. The van der Waals surface area contributed by atoms with E-state index in [0.717, 1.165) is 34.9 Å². The van der Waals surface area contributed by atoms with E-state index in [1.54, 1.807) is 6.08 Å². The van der Waals surface area contributed by atoms with Crippen molar-refractivity contribution in [1.29, 1.82) is 5.41 Å². The van der Waals surface area contributed by atoms with Gasteiger partial charge in [-0.2, -0.15) is 15.1 Å². The SMILES string of the molecule is CCN(CC)c1ccc(C=C2C(=N)N3N=C(Cc4ccc(Cl)cc4)SC3=NC2=O)cc1. The highest BCUT2D eigenvalue weighted by Gasteiger charge is 2.35. The Bertz CT molecular complexity index is 1100. The minimum absolute atomic E-state index is 0.0430. The Labute approximate surface area is 190 Å². The lowest BCUT2D eigenvalue weighted by Crippen LogP contribution is -2.35. The molecule has 8 heteroatoms. The van der Waals surface area contributed by atoms with Crippen molar-refractivity contribution in [2.45, 2.75) is 20.3 Å². The topological polar surface area (TPSA) is 72.1 Å². The molecule has 2 aromatic rings. The van der Waals surface area contributed by atoms with E-state index in [0.29, 0.717) is 16.6 Å². The van der Waals surface area contributed by atoms with Crippen LogP contribution in [0.25, 0.3) is 6.08 Å². The number of thioether (sulfide) groups is 1. The molecule has 4 rings (SSSR count). The maximum absolute atomic E-state index is 12.6. The van der Waals surface area contributed by atoms with Crippen molar-refractivity contribution in [1.82, 2.24) is 5.01 Å². The van der Waals surface area contributed by atoms with Crippen LogP contribution in [0.5, 0.6) is 0 Å². The molecule has 1 N–H and O–H groups in total. The number of aliphatic imine (C=N–C) groups is 1. The van der Waals surface area contributed by atoms with Gasteiger partial charge in [0.25, 0.3) is 5.91 Å². The number of benzene rings is 2. The number of hydrogen-bond donors (Lipinski definition) is 1. The molecule has 0 fully saturated rings. The molecule has 0 unspecified atom stereocenters. The highest BCUT2D eigenvalue weighted by atomic mass is 35.5. The van der Waals surface area contributed by atoms with Crippen molar-refractivity contribution in [2.24, 2.45) is 10.1 Å². The Morgan fingerprint density at radius 3 is 2.42 bits per heavy atom. The third-order valence-electron chi connectivity index (χ3n) is 5.10. The van der Waals surface area contributed by atoms with Crippen LogP contribution in [0.4, 0.5) is 5.69 Å². The minimum atomic E-state index is -0.417. The van der Waals surface area contributed by atoms with Crippen LogP contribution < -0.4 is 4.90 Å². The maximum Gasteiger partial charge on any atom is 0.283 e. The van der Waals surface area contributed by atoms with E-state index in [2.05, 4.69) is 28.8 Å². The first-order valence-electron chi connectivity index (χ1n) is 10.1. The summed E-state index contributed by atoms with van der Waals surface area (Å²) in [4.78, 5) is 19.0. The summed E-state index contributed by atoms with van der Waals surface area (Å²) < 4.78 is 0. The van der Waals surface area contributed by atoms with E-state index in [-0.39, 0.29) is 11.4 Å². The van der Waals surface area contributed by atoms with E-state index in [1.807, 2.05) is 48.5 Å². The molecule has 2 aliphatic rings. The summed E-state index contributed by atoms with van der Waals surface area (Å²) in [5, 5.41) is 16.4. The average Bonchev–Trinajstić information content (AvgIpc) is 3.17. The second kappa shape index (κ2) is 9.08. The number of fused-ring (bicyclic) bond motifs is 1. The third kappa shape index (κ3) is 4.57. The molecule has 158 valence electrons. The van der Waals surface area contributed by atoms with Crippen LogP contribution in [0, 0.1) is 5.41 Å².